The Morgan fingerprint density at radius 2 is 2.13 bits per heavy atom. The van der Waals surface area contributed by atoms with Crippen molar-refractivity contribution in [3.05, 3.63) is 29.3 Å². The largest absolute Gasteiger partial charge is 0.457 e. The second-order valence-electron chi connectivity index (χ2n) is 3.07. The van der Waals surface area contributed by atoms with Crippen LogP contribution in [0.3, 0.4) is 0 Å². The first kappa shape index (κ1) is 9.98. The molecule has 1 fully saturated rings. The molecular weight excluding hydrogens is 218 g/mol. The van der Waals surface area contributed by atoms with Crippen LogP contribution >= 0.6 is 11.6 Å². The highest BCUT2D eigenvalue weighted by atomic mass is 35.5. The number of hydrogen-bond acceptors (Lipinski definition) is 3. The lowest BCUT2D eigenvalue weighted by molar-refractivity contribution is -0.156. The zero-order valence-corrected chi connectivity index (χ0v) is 8.53. The topological polar surface area (TPSA) is 46.6 Å². The monoisotopic (exact) mass is 225 g/mol. The van der Waals surface area contributed by atoms with Gasteiger partial charge in [-0.2, -0.15) is 0 Å². The molecule has 0 aromatic heterocycles. The number of morpholine rings is 1. The highest BCUT2D eigenvalue weighted by Crippen LogP contribution is 2.20. The van der Waals surface area contributed by atoms with E-state index in [1.807, 2.05) is 0 Å². The summed E-state index contributed by atoms with van der Waals surface area (Å²) in [6.45, 7) is 0.585. The highest BCUT2D eigenvalue weighted by molar-refractivity contribution is 6.38. The number of carbonyl (C=O) groups is 2. The Labute approximate surface area is 91.4 Å². The predicted octanol–water partition coefficient (Wildman–Crippen LogP) is 1.23. The fourth-order valence-corrected chi connectivity index (χ4v) is 1.58. The molecule has 1 aromatic rings. The summed E-state index contributed by atoms with van der Waals surface area (Å²) < 4.78 is 4.61. The number of amides is 1. The number of ether oxygens (including phenoxy) is 1. The number of anilines is 1. The summed E-state index contributed by atoms with van der Waals surface area (Å²) in [4.78, 5) is 23.8. The number of benzene rings is 1. The molecule has 2 rings (SSSR count). The molecule has 0 unspecified atom stereocenters. The molecule has 0 atom stereocenters. The molecule has 0 aliphatic carbocycles. The van der Waals surface area contributed by atoms with Gasteiger partial charge in [-0.3, -0.25) is 9.69 Å². The van der Waals surface area contributed by atoms with Gasteiger partial charge in [0.05, 0.1) is 6.54 Å². The number of hydrogen-bond donors (Lipinski definition) is 0. The maximum absolute atomic E-state index is 11.4. The SMILES string of the molecule is O=C1OCCN(c2cccc(Cl)c2)C1=O. The molecule has 0 saturated carbocycles. The molecule has 78 valence electrons. The number of rotatable bonds is 1. The third-order valence-corrected chi connectivity index (χ3v) is 2.32. The van der Waals surface area contributed by atoms with E-state index in [4.69, 9.17) is 11.6 Å². The minimum absolute atomic E-state index is 0.219. The standard InChI is InChI=1S/C10H8ClNO3/c11-7-2-1-3-8(6-7)12-4-5-15-10(14)9(12)13/h1-3,6H,4-5H2. The van der Waals surface area contributed by atoms with Gasteiger partial charge in [0.2, 0.25) is 0 Å². The van der Waals surface area contributed by atoms with E-state index in [-0.39, 0.29) is 6.61 Å². The van der Waals surface area contributed by atoms with E-state index in [2.05, 4.69) is 4.74 Å². The minimum atomic E-state index is -0.818. The molecule has 1 heterocycles. The summed E-state index contributed by atoms with van der Waals surface area (Å²) in [5.41, 5.74) is 0.615. The van der Waals surface area contributed by atoms with Crippen molar-refractivity contribution < 1.29 is 14.3 Å². The van der Waals surface area contributed by atoms with Crippen molar-refractivity contribution >= 4 is 29.2 Å². The Morgan fingerprint density at radius 3 is 2.87 bits per heavy atom. The number of halogens is 1. The van der Waals surface area contributed by atoms with E-state index in [0.717, 1.165) is 0 Å². The van der Waals surface area contributed by atoms with Crippen molar-refractivity contribution in [2.24, 2.45) is 0 Å². The molecule has 0 N–H and O–H groups in total. The summed E-state index contributed by atoms with van der Waals surface area (Å²) in [7, 11) is 0. The molecule has 1 amide bonds. The van der Waals surface area contributed by atoms with Crippen molar-refractivity contribution in [2.75, 3.05) is 18.1 Å². The maximum Gasteiger partial charge on any atom is 0.397 e. The smallest absolute Gasteiger partial charge is 0.397 e. The molecule has 0 radical (unpaired) electrons. The summed E-state index contributed by atoms with van der Waals surface area (Å²) in [5.74, 6) is -1.47. The number of cyclic esters (lactones) is 1. The van der Waals surface area contributed by atoms with Crippen LogP contribution in [0.1, 0.15) is 0 Å². The average molecular weight is 226 g/mol. The van der Waals surface area contributed by atoms with Crippen LogP contribution in [-0.2, 0) is 14.3 Å². The van der Waals surface area contributed by atoms with Crippen LogP contribution in [0.2, 0.25) is 5.02 Å². The van der Waals surface area contributed by atoms with Crippen LogP contribution in [0.4, 0.5) is 5.69 Å². The first-order valence-electron chi connectivity index (χ1n) is 4.42. The van der Waals surface area contributed by atoms with E-state index in [1.165, 1.54) is 4.90 Å². The van der Waals surface area contributed by atoms with Gasteiger partial charge in [-0.15, -0.1) is 0 Å². The highest BCUT2D eigenvalue weighted by Gasteiger charge is 2.29. The van der Waals surface area contributed by atoms with E-state index in [9.17, 15) is 9.59 Å². The summed E-state index contributed by atoms with van der Waals surface area (Å²) >= 11 is 5.79. The van der Waals surface area contributed by atoms with Crippen LogP contribution in [0.15, 0.2) is 24.3 Å². The van der Waals surface area contributed by atoms with Crippen molar-refractivity contribution in [1.82, 2.24) is 0 Å². The first-order chi connectivity index (χ1) is 7.18. The van der Waals surface area contributed by atoms with Gasteiger partial charge >= 0.3 is 11.9 Å². The quantitative estimate of drug-likeness (QED) is 0.534. The lowest BCUT2D eigenvalue weighted by Gasteiger charge is -2.25. The van der Waals surface area contributed by atoms with E-state index in [0.29, 0.717) is 17.3 Å². The molecule has 0 spiro atoms. The lowest BCUT2D eigenvalue weighted by atomic mass is 10.2. The molecular formula is C10H8ClNO3. The Bertz CT molecular complexity index is 419. The Morgan fingerprint density at radius 1 is 1.33 bits per heavy atom. The van der Waals surface area contributed by atoms with E-state index >= 15 is 0 Å². The van der Waals surface area contributed by atoms with Crippen LogP contribution in [-0.4, -0.2) is 25.0 Å². The third-order valence-electron chi connectivity index (χ3n) is 2.09. The summed E-state index contributed by atoms with van der Waals surface area (Å²) in [6, 6.07) is 6.79. The minimum Gasteiger partial charge on any atom is -0.457 e. The van der Waals surface area contributed by atoms with Gasteiger partial charge < -0.3 is 4.74 Å². The van der Waals surface area contributed by atoms with E-state index < -0.39 is 11.9 Å². The molecule has 1 saturated heterocycles. The molecule has 1 aliphatic rings. The van der Waals surface area contributed by atoms with Crippen LogP contribution in [0.5, 0.6) is 0 Å². The number of nitrogens with zero attached hydrogens (tertiary/aromatic N) is 1. The van der Waals surface area contributed by atoms with Gasteiger partial charge in [0, 0.05) is 10.7 Å². The van der Waals surface area contributed by atoms with Crippen molar-refractivity contribution in [1.29, 1.82) is 0 Å². The van der Waals surface area contributed by atoms with Crippen molar-refractivity contribution in [3.63, 3.8) is 0 Å². The van der Waals surface area contributed by atoms with Crippen LogP contribution in [0.25, 0.3) is 0 Å². The van der Waals surface area contributed by atoms with Gasteiger partial charge in [-0.1, -0.05) is 17.7 Å². The average Bonchev–Trinajstić information content (AvgIpc) is 2.22. The molecule has 5 heteroatoms. The Kier molecular flexibility index (Phi) is 2.60. The zero-order valence-electron chi connectivity index (χ0n) is 7.77. The third kappa shape index (κ3) is 1.94. The summed E-state index contributed by atoms with van der Waals surface area (Å²) in [6.07, 6.45) is 0. The normalized spacial score (nSPS) is 16.5. The van der Waals surface area contributed by atoms with Crippen LogP contribution in [0, 0.1) is 0 Å². The van der Waals surface area contributed by atoms with Gasteiger partial charge in [0.1, 0.15) is 6.61 Å². The molecule has 4 nitrogen and oxygen atoms in total. The van der Waals surface area contributed by atoms with Crippen LogP contribution < -0.4 is 4.90 Å². The second-order valence-corrected chi connectivity index (χ2v) is 3.51. The molecule has 15 heavy (non-hydrogen) atoms. The Balaban J connectivity index is 2.30. The molecule has 0 bridgehead atoms. The van der Waals surface area contributed by atoms with Gasteiger partial charge in [0.15, 0.2) is 0 Å². The predicted molar refractivity (Wildman–Crippen MR) is 54.8 cm³/mol. The number of esters is 1. The fraction of sp³-hybridized carbons (Fsp3) is 0.200. The second kappa shape index (κ2) is 3.90. The lowest BCUT2D eigenvalue weighted by Crippen LogP contribution is -2.45. The van der Waals surface area contributed by atoms with Gasteiger partial charge in [-0.25, -0.2) is 4.79 Å². The van der Waals surface area contributed by atoms with E-state index in [1.54, 1.807) is 24.3 Å². The molecule has 1 aromatic carbocycles. The Hall–Kier alpha value is -1.55. The zero-order chi connectivity index (χ0) is 10.8. The molecule has 1 aliphatic heterocycles. The summed E-state index contributed by atoms with van der Waals surface area (Å²) in [5, 5.41) is 0.527. The first-order valence-corrected chi connectivity index (χ1v) is 4.80. The van der Waals surface area contributed by atoms with Crippen molar-refractivity contribution in [2.45, 2.75) is 0 Å². The van der Waals surface area contributed by atoms with Gasteiger partial charge in [0.25, 0.3) is 0 Å². The number of carbonyl (C=O) groups excluding carboxylic acids is 2. The van der Waals surface area contributed by atoms with Crippen molar-refractivity contribution in [3.8, 4) is 0 Å². The fourth-order valence-electron chi connectivity index (χ4n) is 1.39. The maximum atomic E-state index is 11.4. The van der Waals surface area contributed by atoms with Gasteiger partial charge in [-0.05, 0) is 18.2 Å².